The van der Waals surface area contributed by atoms with Crippen molar-refractivity contribution in [3.63, 3.8) is 0 Å². The minimum Gasteiger partial charge on any atom is -0.457 e. The first-order valence-corrected chi connectivity index (χ1v) is 20.1. The van der Waals surface area contributed by atoms with Gasteiger partial charge in [-0.3, -0.25) is 0 Å². The summed E-state index contributed by atoms with van der Waals surface area (Å²) in [7, 11) is 0. The van der Waals surface area contributed by atoms with Gasteiger partial charge in [0.05, 0.1) is 0 Å². The molecule has 274 valence electrons. The molecule has 0 saturated heterocycles. The van der Waals surface area contributed by atoms with Crippen molar-refractivity contribution in [2.45, 2.75) is 6.42 Å². The van der Waals surface area contributed by atoms with Gasteiger partial charge in [0, 0.05) is 58.2 Å². The van der Waals surface area contributed by atoms with Crippen LogP contribution in [-0.2, 0) is 6.42 Å². The Labute approximate surface area is 337 Å². The maximum Gasteiger partial charge on any atom is 0.165 e. The van der Waals surface area contributed by atoms with Crippen LogP contribution in [0, 0.1) is 0 Å². The number of allylic oxidation sites excluding steroid dienone is 2. The second kappa shape index (κ2) is 14.0. The molecule has 0 amide bonds. The number of hydrogen-bond acceptors (Lipinski definition) is 6. The fourth-order valence-corrected chi connectivity index (χ4v) is 9.22. The molecule has 4 aromatic heterocycles. The molecule has 0 aliphatic rings. The maximum absolute atomic E-state index is 6.47. The summed E-state index contributed by atoms with van der Waals surface area (Å²) in [5, 5.41) is 6.34. The molecule has 0 bridgehead atoms. The van der Waals surface area contributed by atoms with Crippen LogP contribution >= 0.6 is 11.3 Å². The third kappa shape index (κ3) is 5.81. The van der Waals surface area contributed by atoms with Gasteiger partial charge < -0.3 is 8.83 Å². The summed E-state index contributed by atoms with van der Waals surface area (Å²) in [5.74, 6) is 1.82. The zero-order valence-corrected chi connectivity index (χ0v) is 32.0. The van der Waals surface area contributed by atoms with Crippen LogP contribution in [0.5, 0.6) is 0 Å². The summed E-state index contributed by atoms with van der Waals surface area (Å²) in [6, 6.07) is 54.3. The number of thiophene rings is 1. The molecule has 0 aliphatic heterocycles. The fourth-order valence-electron chi connectivity index (χ4n) is 8.08. The summed E-state index contributed by atoms with van der Waals surface area (Å²) in [6.45, 7) is 4.16. The van der Waals surface area contributed by atoms with Crippen LogP contribution in [0.4, 0.5) is 0 Å². The number of fused-ring (bicyclic) bond motifs is 7. The molecule has 6 heteroatoms. The van der Waals surface area contributed by atoms with Gasteiger partial charge in [0.1, 0.15) is 22.2 Å². The number of hydrogen-bond donors (Lipinski definition) is 0. The molecule has 58 heavy (non-hydrogen) atoms. The Morgan fingerprint density at radius 2 is 1.16 bits per heavy atom. The van der Waals surface area contributed by atoms with E-state index in [1.165, 1.54) is 14.8 Å². The van der Waals surface area contributed by atoms with Gasteiger partial charge >= 0.3 is 0 Å². The monoisotopic (exact) mass is 763 g/mol. The van der Waals surface area contributed by atoms with Crippen molar-refractivity contribution in [3.8, 4) is 45.3 Å². The van der Waals surface area contributed by atoms with Gasteiger partial charge in [0.2, 0.25) is 0 Å². The number of furan rings is 2. The molecule has 7 aromatic carbocycles. The molecule has 0 radical (unpaired) electrons. The van der Waals surface area contributed by atoms with E-state index < -0.39 is 0 Å². The largest absolute Gasteiger partial charge is 0.457 e. The summed E-state index contributed by atoms with van der Waals surface area (Å²) >= 11 is 1.79. The predicted octanol–water partition coefficient (Wildman–Crippen LogP) is 12.5. The number of benzene rings is 7. The van der Waals surface area contributed by atoms with Crippen molar-refractivity contribution in [3.05, 3.63) is 186 Å². The number of nitrogens with zero attached hydrogens (tertiary/aromatic N) is 3. The molecular formula is C52H33N3O2S. The Bertz CT molecular complexity index is 3500. The van der Waals surface area contributed by atoms with E-state index in [-0.39, 0.29) is 0 Å². The first-order valence-electron chi connectivity index (χ1n) is 19.3. The number of para-hydroxylation sites is 2. The molecule has 0 aliphatic carbocycles. The van der Waals surface area contributed by atoms with Gasteiger partial charge in [-0.15, -0.1) is 11.3 Å². The lowest BCUT2D eigenvalue weighted by Gasteiger charge is -2.13. The highest BCUT2D eigenvalue weighted by atomic mass is 32.1. The van der Waals surface area contributed by atoms with E-state index in [4.69, 9.17) is 23.8 Å². The SMILES string of the molecule is C=c1oc2ccccc2/c1=C/C=C\Cc1ccc2oc3ccccc3c2c1-c1nc(-c2ccc(-c3ccccc3)cc2)nc(-c2cccc3sc4ccccc4c23)n1. The zero-order valence-electron chi connectivity index (χ0n) is 31.2. The van der Waals surface area contributed by atoms with Gasteiger partial charge in [0.15, 0.2) is 17.5 Å². The lowest BCUT2D eigenvalue weighted by molar-refractivity contribution is 0.577. The van der Waals surface area contributed by atoms with E-state index in [9.17, 15) is 0 Å². The van der Waals surface area contributed by atoms with Crippen LogP contribution in [-0.4, -0.2) is 15.0 Å². The number of rotatable bonds is 7. The minimum absolute atomic E-state index is 0.592. The van der Waals surface area contributed by atoms with Crippen LogP contribution in [0.3, 0.4) is 0 Å². The van der Waals surface area contributed by atoms with Crippen molar-refractivity contribution in [2.24, 2.45) is 0 Å². The van der Waals surface area contributed by atoms with Gasteiger partial charge in [-0.05, 0) is 53.4 Å². The summed E-state index contributed by atoms with van der Waals surface area (Å²) < 4.78 is 14.8. The second-order valence-electron chi connectivity index (χ2n) is 14.3. The summed E-state index contributed by atoms with van der Waals surface area (Å²) in [5.41, 5.74) is 9.22. The molecule has 0 unspecified atom stereocenters. The summed E-state index contributed by atoms with van der Waals surface area (Å²) in [6.07, 6.45) is 6.94. The van der Waals surface area contributed by atoms with Gasteiger partial charge in [-0.1, -0.05) is 152 Å². The highest BCUT2D eigenvalue weighted by Gasteiger charge is 2.22. The maximum atomic E-state index is 6.47. The Morgan fingerprint density at radius 3 is 2.00 bits per heavy atom. The molecule has 11 rings (SSSR count). The predicted molar refractivity (Wildman–Crippen MR) is 240 cm³/mol. The van der Waals surface area contributed by atoms with E-state index in [0.717, 1.165) is 76.9 Å². The fraction of sp³-hybridized carbons (Fsp3) is 0.0192. The van der Waals surface area contributed by atoms with Crippen molar-refractivity contribution in [2.75, 3.05) is 0 Å². The molecule has 11 aromatic rings. The number of aromatic nitrogens is 3. The van der Waals surface area contributed by atoms with E-state index in [2.05, 4.69) is 146 Å². The molecule has 0 saturated carbocycles. The first kappa shape index (κ1) is 33.9. The average Bonchev–Trinajstić information content (AvgIpc) is 3.95. The normalized spacial score (nSPS) is 12.3. The van der Waals surface area contributed by atoms with Crippen molar-refractivity contribution in [1.29, 1.82) is 0 Å². The third-order valence-electron chi connectivity index (χ3n) is 10.8. The van der Waals surface area contributed by atoms with Gasteiger partial charge in [-0.2, -0.15) is 0 Å². The Morgan fingerprint density at radius 1 is 0.500 bits per heavy atom. The second-order valence-corrected chi connectivity index (χ2v) is 15.4. The Balaban J connectivity index is 1.13. The van der Waals surface area contributed by atoms with Crippen LogP contribution in [0.15, 0.2) is 179 Å². The molecule has 0 N–H and O–H groups in total. The topological polar surface area (TPSA) is 65.0 Å². The molecular weight excluding hydrogens is 731 g/mol. The van der Waals surface area contributed by atoms with E-state index >= 15 is 0 Å². The average molecular weight is 764 g/mol. The van der Waals surface area contributed by atoms with Crippen LogP contribution in [0.1, 0.15) is 5.56 Å². The Kier molecular flexibility index (Phi) is 8.15. The van der Waals surface area contributed by atoms with Gasteiger partial charge in [-0.25, -0.2) is 15.0 Å². The lowest BCUT2D eigenvalue weighted by Crippen LogP contribution is -2.17. The van der Waals surface area contributed by atoms with E-state index in [0.29, 0.717) is 29.3 Å². The van der Waals surface area contributed by atoms with Crippen LogP contribution < -0.4 is 10.6 Å². The molecule has 4 heterocycles. The van der Waals surface area contributed by atoms with Crippen molar-refractivity contribution < 1.29 is 8.83 Å². The molecule has 0 fully saturated rings. The van der Waals surface area contributed by atoms with Crippen molar-refractivity contribution >= 4 is 77.1 Å². The van der Waals surface area contributed by atoms with Crippen LogP contribution in [0.2, 0.25) is 0 Å². The molecule has 0 atom stereocenters. The van der Waals surface area contributed by atoms with E-state index in [1.807, 2.05) is 36.4 Å². The molecule has 5 nitrogen and oxygen atoms in total. The Hall–Kier alpha value is -7.41. The smallest absolute Gasteiger partial charge is 0.165 e. The minimum atomic E-state index is 0.592. The third-order valence-corrected chi connectivity index (χ3v) is 12.0. The van der Waals surface area contributed by atoms with Crippen molar-refractivity contribution in [1.82, 2.24) is 15.0 Å². The highest BCUT2D eigenvalue weighted by Crippen LogP contribution is 2.42. The van der Waals surface area contributed by atoms with Crippen LogP contribution in [0.25, 0.3) is 111 Å². The standard InChI is InChI=1S/C52H33N3O2S/c1-32-37(38-18-7-10-22-42(38)56-32)17-6-5-16-35-30-31-44-49(39-19-8-11-23-43(39)57-44)47(35)52-54-50(36-28-26-34(27-29-36)33-14-3-2-4-15-33)53-51(55-52)41-21-13-25-46-48(41)40-20-9-12-24-45(40)58-46/h2-15,17-31H,1,16H2/b6-5-,37-17+. The first-order chi connectivity index (χ1) is 28.7. The zero-order chi connectivity index (χ0) is 38.6. The lowest BCUT2D eigenvalue weighted by atomic mass is 9.97. The van der Waals surface area contributed by atoms with E-state index in [1.54, 1.807) is 11.3 Å². The highest BCUT2D eigenvalue weighted by molar-refractivity contribution is 7.25. The van der Waals surface area contributed by atoms with Gasteiger partial charge in [0.25, 0.3) is 0 Å². The molecule has 0 spiro atoms. The summed E-state index contributed by atoms with van der Waals surface area (Å²) in [4.78, 5) is 16.0. The quantitative estimate of drug-likeness (QED) is 0.162.